The molecule has 2 amide bonds. The number of carbonyl (C=O) groups excluding carboxylic acids is 1. The molecule has 168 valence electrons. The lowest BCUT2D eigenvalue weighted by molar-refractivity contribution is -0.385. The number of carbonyl (C=O) groups is 3. The van der Waals surface area contributed by atoms with Crippen molar-refractivity contribution in [1.29, 1.82) is 0 Å². The lowest BCUT2D eigenvalue weighted by Gasteiger charge is -2.24. The summed E-state index contributed by atoms with van der Waals surface area (Å²) in [5.41, 5.74) is -1.82. The summed E-state index contributed by atoms with van der Waals surface area (Å²) in [6.45, 7) is 9.99. The van der Waals surface area contributed by atoms with Gasteiger partial charge in [0.15, 0.2) is 0 Å². The van der Waals surface area contributed by atoms with E-state index in [-0.39, 0.29) is 4.90 Å². The van der Waals surface area contributed by atoms with Crippen molar-refractivity contribution in [1.82, 2.24) is 4.90 Å². The maximum Gasteiger partial charge on any atom is 0.509 e. The Hall–Kier alpha value is -3.44. The quantitative estimate of drug-likeness (QED) is 0.395. The largest absolute Gasteiger partial charge is 0.509 e. The number of benzene rings is 1. The van der Waals surface area contributed by atoms with Crippen LogP contribution in [0.15, 0.2) is 18.2 Å². The van der Waals surface area contributed by atoms with E-state index in [0.29, 0.717) is 0 Å². The van der Waals surface area contributed by atoms with Crippen LogP contribution in [0.2, 0.25) is 0 Å². The van der Waals surface area contributed by atoms with Gasteiger partial charge in [-0.05, 0) is 47.6 Å². The predicted octanol–water partition coefficient (Wildman–Crippen LogP) is 4.63. The minimum absolute atomic E-state index is 0.0812. The zero-order valence-corrected chi connectivity index (χ0v) is 17.5. The van der Waals surface area contributed by atoms with Crippen LogP contribution in [-0.2, 0) is 16.0 Å². The van der Waals surface area contributed by atoms with E-state index in [1.54, 1.807) is 41.5 Å². The zero-order valence-electron chi connectivity index (χ0n) is 17.5. The molecule has 0 heterocycles. The number of ether oxygens (including phenoxy) is 2. The molecule has 30 heavy (non-hydrogen) atoms. The van der Waals surface area contributed by atoms with Crippen LogP contribution in [0.4, 0.5) is 24.5 Å². The summed E-state index contributed by atoms with van der Waals surface area (Å²) in [6, 6.07) is 2.45. The average molecular weight is 432 g/mol. The Morgan fingerprint density at radius 1 is 1.03 bits per heavy atom. The van der Waals surface area contributed by atoms with Gasteiger partial charge in [0, 0.05) is 17.7 Å². The molecule has 11 nitrogen and oxygen atoms in total. The highest BCUT2D eigenvalue weighted by molar-refractivity contribution is 5.85. The third kappa shape index (κ3) is 10.8. The fourth-order valence-electron chi connectivity index (χ4n) is 1.70. The molecule has 0 aliphatic rings. The van der Waals surface area contributed by atoms with E-state index >= 15 is 0 Å². The number of nitrogens with zero attached hydrogens (tertiary/aromatic N) is 2. The highest BCUT2D eigenvalue weighted by Gasteiger charge is 2.23. The van der Waals surface area contributed by atoms with Crippen LogP contribution < -0.4 is 0 Å². The topological polar surface area (TPSA) is 157 Å². The molecule has 0 aliphatic heterocycles. The Kier molecular flexibility index (Phi) is 9.18. The maximum absolute atomic E-state index is 13.3. The van der Waals surface area contributed by atoms with Crippen molar-refractivity contribution in [3.05, 3.63) is 39.7 Å². The molecule has 0 aromatic heterocycles. The van der Waals surface area contributed by atoms with Crippen LogP contribution in [0.3, 0.4) is 0 Å². The number of halogens is 1. The standard InChI is InChI=1S/C9H7FN2O6.C9H18O3/c10-7-2-1-6(12(17)18)3-5(7)4-11(8(13)14)9(15)16;1-8(2,3)11-7(10)12-9(4,5)6/h1-3H,4H2,(H,13,14)(H,15,16);1-6H3. The van der Waals surface area contributed by atoms with Crippen molar-refractivity contribution in [3.63, 3.8) is 0 Å². The van der Waals surface area contributed by atoms with Gasteiger partial charge < -0.3 is 19.7 Å². The number of rotatable bonds is 3. The molecular formula is C18H25FN2O9. The molecule has 1 aromatic rings. The number of hydrogen-bond acceptors (Lipinski definition) is 7. The summed E-state index contributed by atoms with van der Waals surface area (Å²) in [7, 11) is 0. The first-order valence-electron chi connectivity index (χ1n) is 8.51. The lowest BCUT2D eigenvalue weighted by atomic mass is 10.2. The van der Waals surface area contributed by atoms with Gasteiger partial charge >= 0.3 is 18.3 Å². The van der Waals surface area contributed by atoms with Crippen LogP contribution in [0.25, 0.3) is 0 Å². The molecular weight excluding hydrogens is 407 g/mol. The highest BCUT2D eigenvalue weighted by Crippen LogP contribution is 2.18. The van der Waals surface area contributed by atoms with E-state index in [9.17, 15) is 28.9 Å². The molecule has 0 saturated carbocycles. The molecule has 0 fully saturated rings. The molecule has 12 heteroatoms. The van der Waals surface area contributed by atoms with E-state index in [1.807, 2.05) is 0 Å². The SMILES string of the molecule is CC(C)(C)OC(=O)OC(C)(C)C.O=C(O)N(Cc1cc([N+](=O)[O-])ccc1F)C(=O)O. The normalized spacial score (nSPS) is 10.9. The Bertz CT molecular complexity index is 766. The second-order valence-corrected chi connectivity index (χ2v) is 7.86. The first kappa shape index (κ1) is 26.6. The van der Waals surface area contributed by atoms with E-state index in [0.717, 1.165) is 18.2 Å². The Morgan fingerprint density at radius 2 is 1.47 bits per heavy atom. The van der Waals surface area contributed by atoms with E-state index in [4.69, 9.17) is 19.7 Å². The molecule has 0 spiro atoms. The predicted molar refractivity (Wildman–Crippen MR) is 102 cm³/mol. The molecule has 1 aromatic carbocycles. The molecule has 2 N–H and O–H groups in total. The first-order chi connectivity index (χ1) is 13.4. The van der Waals surface area contributed by atoms with Crippen molar-refractivity contribution in [2.75, 3.05) is 0 Å². The number of carboxylic acid groups (broad SMARTS) is 2. The Balaban J connectivity index is 0.000000612. The summed E-state index contributed by atoms with van der Waals surface area (Å²) in [5.74, 6) is -0.923. The van der Waals surface area contributed by atoms with Gasteiger partial charge in [0.2, 0.25) is 0 Å². The van der Waals surface area contributed by atoms with Crippen molar-refractivity contribution < 1.29 is 43.4 Å². The number of amides is 2. The van der Waals surface area contributed by atoms with Gasteiger partial charge in [-0.1, -0.05) is 0 Å². The summed E-state index contributed by atoms with van der Waals surface area (Å²) in [5, 5.41) is 27.6. The Morgan fingerprint density at radius 3 is 1.80 bits per heavy atom. The van der Waals surface area contributed by atoms with Crippen LogP contribution in [0.1, 0.15) is 47.1 Å². The van der Waals surface area contributed by atoms with E-state index < -0.39 is 58.1 Å². The smallest absolute Gasteiger partial charge is 0.465 e. The molecule has 0 radical (unpaired) electrons. The molecule has 0 unspecified atom stereocenters. The average Bonchev–Trinajstić information content (AvgIpc) is 2.49. The van der Waals surface area contributed by atoms with E-state index in [2.05, 4.69) is 0 Å². The molecule has 0 atom stereocenters. The van der Waals surface area contributed by atoms with Gasteiger partial charge in [-0.15, -0.1) is 0 Å². The van der Waals surface area contributed by atoms with Crippen molar-refractivity contribution in [3.8, 4) is 0 Å². The minimum Gasteiger partial charge on any atom is -0.465 e. The van der Waals surface area contributed by atoms with Gasteiger partial charge in [-0.25, -0.2) is 23.7 Å². The monoisotopic (exact) mass is 432 g/mol. The van der Waals surface area contributed by atoms with Crippen LogP contribution in [0.5, 0.6) is 0 Å². The maximum atomic E-state index is 13.3. The third-order valence-corrected chi connectivity index (χ3v) is 2.81. The summed E-state index contributed by atoms with van der Waals surface area (Å²) in [6.07, 6.45) is -4.21. The second-order valence-electron chi connectivity index (χ2n) is 7.86. The number of nitro groups is 1. The van der Waals surface area contributed by atoms with Gasteiger partial charge in [0.25, 0.3) is 5.69 Å². The van der Waals surface area contributed by atoms with Crippen molar-refractivity contribution in [2.45, 2.75) is 59.3 Å². The first-order valence-corrected chi connectivity index (χ1v) is 8.51. The molecule has 0 saturated heterocycles. The van der Waals surface area contributed by atoms with Gasteiger partial charge in [-0.3, -0.25) is 10.1 Å². The second kappa shape index (κ2) is 10.4. The summed E-state index contributed by atoms with van der Waals surface area (Å²) in [4.78, 5) is 41.7. The fourth-order valence-corrected chi connectivity index (χ4v) is 1.70. The number of nitro benzene ring substituents is 1. The van der Waals surface area contributed by atoms with Gasteiger partial charge in [-0.2, -0.15) is 0 Å². The fraction of sp³-hybridized carbons (Fsp3) is 0.500. The minimum atomic E-state index is -1.80. The highest BCUT2D eigenvalue weighted by atomic mass is 19.1. The third-order valence-electron chi connectivity index (χ3n) is 2.81. The molecule has 0 bridgehead atoms. The lowest BCUT2D eigenvalue weighted by Crippen LogP contribution is -2.34. The van der Waals surface area contributed by atoms with Crippen LogP contribution >= 0.6 is 0 Å². The molecule has 1 rings (SSSR count). The number of hydrogen-bond donors (Lipinski definition) is 2. The van der Waals surface area contributed by atoms with Crippen LogP contribution in [0, 0.1) is 15.9 Å². The van der Waals surface area contributed by atoms with Gasteiger partial charge in [0.1, 0.15) is 17.0 Å². The van der Waals surface area contributed by atoms with E-state index in [1.165, 1.54) is 0 Å². The Labute approximate surface area is 172 Å². The van der Waals surface area contributed by atoms with Gasteiger partial charge in [0.05, 0.1) is 11.5 Å². The van der Waals surface area contributed by atoms with Crippen molar-refractivity contribution >= 4 is 24.0 Å². The van der Waals surface area contributed by atoms with Crippen molar-refractivity contribution in [2.24, 2.45) is 0 Å². The molecule has 0 aliphatic carbocycles. The number of imide groups is 1. The summed E-state index contributed by atoms with van der Waals surface area (Å²) >= 11 is 0. The number of non-ortho nitro benzene ring substituents is 1. The zero-order chi connectivity index (χ0) is 23.9. The van der Waals surface area contributed by atoms with Crippen LogP contribution in [-0.4, -0.2) is 49.6 Å². The summed E-state index contributed by atoms with van der Waals surface area (Å²) < 4.78 is 23.2.